The van der Waals surface area contributed by atoms with Crippen LogP contribution < -0.4 is 5.32 Å². The van der Waals surface area contributed by atoms with Crippen LogP contribution in [0.3, 0.4) is 0 Å². The summed E-state index contributed by atoms with van der Waals surface area (Å²) in [4.78, 5) is 17.3. The van der Waals surface area contributed by atoms with E-state index in [1.165, 1.54) is 6.33 Å². The summed E-state index contributed by atoms with van der Waals surface area (Å²) in [5.41, 5.74) is 1.15. The zero-order chi connectivity index (χ0) is 17.2. The molecule has 2 aromatic heterocycles. The van der Waals surface area contributed by atoms with E-state index >= 15 is 0 Å². The van der Waals surface area contributed by atoms with Gasteiger partial charge in [-0.3, -0.25) is 4.79 Å². The molecule has 2 heterocycles. The maximum absolute atomic E-state index is 12.9. The fourth-order valence-corrected chi connectivity index (χ4v) is 2.95. The van der Waals surface area contributed by atoms with E-state index < -0.39 is 0 Å². The van der Waals surface area contributed by atoms with E-state index in [0.717, 1.165) is 18.7 Å². The van der Waals surface area contributed by atoms with Crippen LogP contribution in [0, 0.1) is 5.92 Å². The van der Waals surface area contributed by atoms with Crippen molar-refractivity contribution in [1.82, 2.24) is 40.7 Å². The van der Waals surface area contributed by atoms with Crippen LogP contribution in [0.5, 0.6) is 0 Å². The first-order chi connectivity index (χ1) is 12.3. The average Bonchev–Trinajstić information content (AvgIpc) is 3.14. The molecule has 1 aromatic carbocycles. The second kappa shape index (κ2) is 6.42. The number of benzene rings is 1. The Balaban J connectivity index is 1.63. The third-order valence-electron chi connectivity index (χ3n) is 4.36. The lowest BCUT2D eigenvalue weighted by Gasteiger charge is -2.18. The number of carbonyl (C=O) groups excluding carboxylic acids is 1. The van der Waals surface area contributed by atoms with E-state index in [2.05, 4.69) is 36.0 Å². The highest BCUT2D eigenvalue weighted by atomic mass is 16.1. The first kappa shape index (κ1) is 15.4. The lowest BCUT2D eigenvalue weighted by molar-refractivity contribution is 0.0929. The number of hydrogen-bond acceptors (Lipinski definition) is 6. The van der Waals surface area contributed by atoms with Crippen LogP contribution in [0.4, 0.5) is 0 Å². The van der Waals surface area contributed by atoms with Gasteiger partial charge in [0.2, 0.25) is 5.82 Å². The molecule has 1 saturated carbocycles. The van der Waals surface area contributed by atoms with Crippen molar-refractivity contribution in [3.63, 3.8) is 0 Å². The number of nitrogens with zero attached hydrogens (tertiary/aromatic N) is 6. The van der Waals surface area contributed by atoms with Gasteiger partial charge in [-0.1, -0.05) is 18.2 Å². The first-order valence-electron chi connectivity index (χ1n) is 8.29. The molecule has 0 unspecified atom stereocenters. The largest absolute Gasteiger partial charge is 0.342 e. The number of hydrogen-bond donors (Lipinski definition) is 2. The van der Waals surface area contributed by atoms with Crippen LogP contribution in [0.1, 0.15) is 42.0 Å². The third-order valence-corrected chi connectivity index (χ3v) is 4.36. The van der Waals surface area contributed by atoms with Gasteiger partial charge in [0.05, 0.1) is 11.6 Å². The topological polar surface area (TPSA) is 114 Å². The molecule has 9 nitrogen and oxygen atoms in total. The van der Waals surface area contributed by atoms with Gasteiger partial charge < -0.3 is 5.32 Å². The molecule has 2 N–H and O–H groups in total. The molecule has 0 bridgehead atoms. The summed E-state index contributed by atoms with van der Waals surface area (Å²) in [5, 5.41) is 21.3. The van der Waals surface area contributed by atoms with Gasteiger partial charge in [-0.05, 0) is 37.0 Å². The summed E-state index contributed by atoms with van der Waals surface area (Å²) in [5.74, 6) is 1.42. The molecule has 25 heavy (non-hydrogen) atoms. The van der Waals surface area contributed by atoms with Crippen molar-refractivity contribution in [1.29, 1.82) is 0 Å². The SMILES string of the molecule is CCn1ncnc1[C@@H](NC(=O)c1ccccc1-c1nn[nH]n1)C1CC1. The normalized spacial score (nSPS) is 15.1. The fourth-order valence-electron chi connectivity index (χ4n) is 2.95. The van der Waals surface area contributed by atoms with Crippen molar-refractivity contribution >= 4 is 5.91 Å². The number of amides is 1. The highest BCUT2D eigenvalue weighted by molar-refractivity contribution is 6.00. The van der Waals surface area contributed by atoms with Gasteiger partial charge in [0, 0.05) is 12.1 Å². The number of carbonyl (C=O) groups is 1. The number of aromatic nitrogens is 7. The quantitative estimate of drug-likeness (QED) is 0.701. The minimum atomic E-state index is -0.178. The standard InChI is InChI=1S/C16H18N8O/c1-2-24-15(17-9-18-24)13(10-7-8-10)19-16(25)12-6-4-3-5-11(12)14-20-22-23-21-14/h3-6,9-10,13H,2,7-8H2,1H3,(H,19,25)(H,20,21,22,23)/t13-/m0/s1. The highest BCUT2D eigenvalue weighted by Gasteiger charge is 2.36. The molecule has 3 aromatic rings. The number of nitrogens with one attached hydrogen (secondary N) is 2. The maximum atomic E-state index is 12.9. The summed E-state index contributed by atoms with van der Waals surface area (Å²) in [6.45, 7) is 2.73. The molecular formula is C16H18N8O. The number of H-pyrrole nitrogens is 1. The summed E-state index contributed by atoms with van der Waals surface area (Å²) in [6.07, 6.45) is 3.69. The Morgan fingerprint density at radius 1 is 1.40 bits per heavy atom. The Morgan fingerprint density at radius 3 is 2.96 bits per heavy atom. The minimum Gasteiger partial charge on any atom is -0.342 e. The van der Waals surface area contributed by atoms with Crippen molar-refractivity contribution in [2.24, 2.45) is 5.92 Å². The van der Waals surface area contributed by atoms with Gasteiger partial charge in [0.25, 0.3) is 5.91 Å². The van der Waals surface area contributed by atoms with Crippen molar-refractivity contribution in [2.45, 2.75) is 32.4 Å². The predicted octanol–water partition coefficient (Wildman–Crippen LogP) is 1.36. The number of rotatable bonds is 6. The monoisotopic (exact) mass is 338 g/mol. The number of tetrazole rings is 1. The molecule has 1 atom stereocenters. The zero-order valence-corrected chi connectivity index (χ0v) is 13.8. The van der Waals surface area contributed by atoms with Crippen LogP contribution in [0.15, 0.2) is 30.6 Å². The van der Waals surface area contributed by atoms with Gasteiger partial charge in [-0.2, -0.15) is 10.3 Å². The summed E-state index contributed by atoms with van der Waals surface area (Å²) in [6, 6.07) is 7.08. The average molecular weight is 338 g/mol. The maximum Gasteiger partial charge on any atom is 0.252 e. The molecule has 1 aliphatic carbocycles. The first-order valence-corrected chi connectivity index (χ1v) is 8.29. The van der Waals surface area contributed by atoms with Crippen molar-refractivity contribution < 1.29 is 4.79 Å². The smallest absolute Gasteiger partial charge is 0.252 e. The molecule has 1 fully saturated rings. The Labute approximate surface area is 143 Å². The van der Waals surface area contributed by atoms with Crippen molar-refractivity contribution in [2.75, 3.05) is 0 Å². The Hall–Kier alpha value is -3.10. The van der Waals surface area contributed by atoms with E-state index in [4.69, 9.17) is 0 Å². The Morgan fingerprint density at radius 2 is 2.24 bits per heavy atom. The van der Waals surface area contributed by atoms with Crippen LogP contribution in [-0.4, -0.2) is 41.3 Å². The lowest BCUT2D eigenvalue weighted by atomic mass is 10.0. The molecule has 4 rings (SSSR count). The molecule has 1 amide bonds. The van der Waals surface area contributed by atoms with E-state index in [0.29, 0.717) is 29.4 Å². The predicted molar refractivity (Wildman–Crippen MR) is 88.2 cm³/mol. The van der Waals surface area contributed by atoms with Gasteiger partial charge in [-0.15, -0.1) is 10.2 Å². The number of aromatic amines is 1. The van der Waals surface area contributed by atoms with Gasteiger partial charge in [0.1, 0.15) is 12.2 Å². The zero-order valence-electron chi connectivity index (χ0n) is 13.8. The molecule has 0 saturated heterocycles. The van der Waals surface area contributed by atoms with E-state index in [9.17, 15) is 4.79 Å². The summed E-state index contributed by atoms with van der Waals surface area (Å²) in [7, 11) is 0. The van der Waals surface area contributed by atoms with Crippen LogP contribution >= 0.6 is 0 Å². The lowest BCUT2D eigenvalue weighted by Crippen LogP contribution is -2.32. The second-order valence-electron chi connectivity index (χ2n) is 6.00. The Bertz CT molecular complexity index is 868. The molecule has 128 valence electrons. The van der Waals surface area contributed by atoms with Gasteiger partial charge >= 0.3 is 0 Å². The highest BCUT2D eigenvalue weighted by Crippen LogP contribution is 2.40. The summed E-state index contributed by atoms with van der Waals surface area (Å²) < 4.78 is 1.83. The van der Waals surface area contributed by atoms with Gasteiger partial charge in [-0.25, -0.2) is 9.67 Å². The summed E-state index contributed by atoms with van der Waals surface area (Å²) >= 11 is 0. The third kappa shape index (κ3) is 3.00. The molecule has 0 aliphatic heterocycles. The molecule has 9 heteroatoms. The molecule has 1 aliphatic rings. The fraction of sp³-hybridized carbons (Fsp3) is 0.375. The van der Waals surface area contributed by atoms with E-state index in [-0.39, 0.29) is 11.9 Å². The van der Waals surface area contributed by atoms with Crippen LogP contribution in [-0.2, 0) is 6.54 Å². The van der Waals surface area contributed by atoms with E-state index in [1.54, 1.807) is 12.1 Å². The second-order valence-corrected chi connectivity index (χ2v) is 6.00. The molecule has 0 radical (unpaired) electrons. The number of aryl methyl sites for hydroxylation is 1. The minimum absolute atomic E-state index is 0.145. The van der Waals surface area contributed by atoms with Crippen molar-refractivity contribution in [3.05, 3.63) is 42.0 Å². The van der Waals surface area contributed by atoms with E-state index in [1.807, 2.05) is 23.7 Å². The van der Waals surface area contributed by atoms with Crippen molar-refractivity contribution in [3.8, 4) is 11.4 Å². The van der Waals surface area contributed by atoms with Gasteiger partial charge in [0.15, 0.2) is 0 Å². The molecular weight excluding hydrogens is 320 g/mol. The molecule has 0 spiro atoms. The van der Waals surface area contributed by atoms with Crippen LogP contribution in [0.25, 0.3) is 11.4 Å². The Kier molecular flexibility index (Phi) is 3.96. The van der Waals surface area contributed by atoms with Crippen LogP contribution in [0.2, 0.25) is 0 Å².